The number of carbonyl (C=O) groups is 5. The van der Waals surface area contributed by atoms with Crippen LogP contribution in [-0.2, 0) is 36.8 Å². The number of hydrogen-bond donors (Lipinski definition) is 4. The highest BCUT2D eigenvalue weighted by Gasteiger charge is 2.39. The number of allylic oxidation sites excluding steroid dienone is 1. The van der Waals surface area contributed by atoms with E-state index in [0.29, 0.717) is 13.0 Å². The molecule has 3 atom stereocenters. The van der Waals surface area contributed by atoms with Crippen molar-refractivity contribution in [2.24, 2.45) is 5.73 Å². The molecule has 2 heterocycles. The standard InChI is InChI=1S/C32H43N5O6S/c1-21(33)16-23-5-2-4-22(17-23)6-3-15-44-26-18-31(43)37(32(26)24-7-8-24)14-12-28(40)35-20-25(38)19-34-27(39)11-13-36-29(41)9-10-30(36)42/h2,4-5,9-10,17,21,25-26,38H,3,6-8,11-16,18-20,33H2,1H3,(H,34,39)(H,35,40). The molecule has 2 aliphatic heterocycles. The molecule has 0 bridgehead atoms. The molecule has 238 valence electrons. The van der Waals surface area contributed by atoms with E-state index in [1.165, 1.54) is 16.7 Å². The van der Waals surface area contributed by atoms with Gasteiger partial charge in [-0.15, -0.1) is 0 Å². The molecule has 44 heavy (non-hydrogen) atoms. The second-order valence-electron chi connectivity index (χ2n) is 11.6. The van der Waals surface area contributed by atoms with E-state index in [4.69, 9.17) is 5.73 Å². The summed E-state index contributed by atoms with van der Waals surface area (Å²) in [6, 6.07) is 8.72. The lowest BCUT2D eigenvalue weighted by Gasteiger charge is -2.21. The topological polar surface area (TPSA) is 162 Å². The van der Waals surface area contributed by atoms with Crippen molar-refractivity contribution in [1.29, 1.82) is 0 Å². The molecule has 0 radical (unpaired) electrons. The molecular weight excluding hydrogens is 582 g/mol. The first kappa shape index (κ1) is 33.4. The van der Waals surface area contributed by atoms with Crippen molar-refractivity contribution in [3.63, 3.8) is 0 Å². The normalized spacial score (nSPS) is 19.2. The van der Waals surface area contributed by atoms with Crippen LogP contribution in [0.1, 0.15) is 56.6 Å². The van der Waals surface area contributed by atoms with Crippen LogP contribution in [0.5, 0.6) is 0 Å². The highest BCUT2D eigenvalue weighted by atomic mass is 32.2. The maximum atomic E-state index is 12.9. The molecule has 5 amide bonds. The Hall–Kier alpha value is -3.48. The van der Waals surface area contributed by atoms with Crippen LogP contribution in [0.4, 0.5) is 0 Å². The molecule has 0 aromatic heterocycles. The van der Waals surface area contributed by atoms with Gasteiger partial charge >= 0.3 is 0 Å². The Labute approximate surface area is 262 Å². The molecule has 1 aliphatic carbocycles. The van der Waals surface area contributed by atoms with E-state index in [2.05, 4.69) is 34.9 Å². The molecule has 3 aliphatic rings. The first-order valence-corrected chi connectivity index (χ1v) is 16.4. The van der Waals surface area contributed by atoms with Crippen LogP contribution in [0.25, 0.3) is 0 Å². The Kier molecular flexibility index (Phi) is 12.2. The van der Waals surface area contributed by atoms with Gasteiger partial charge in [0.2, 0.25) is 17.7 Å². The van der Waals surface area contributed by atoms with Crippen molar-refractivity contribution in [2.75, 3.05) is 31.9 Å². The minimum absolute atomic E-state index is 0.0421. The number of aliphatic hydroxyl groups is 1. The van der Waals surface area contributed by atoms with Crippen LogP contribution in [0, 0.1) is 0 Å². The summed E-state index contributed by atoms with van der Waals surface area (Å²) in [6.45, 7) is 2.12. The number of imide groups is 1. The molecule has 0 spiro atoms. The Morgan fingerprint density at radius 2 is 1.61 bits per heavy atom. The van der Waals surface area contributed by atoms with Gasteiger partial charge in [0.25, 0.3) is 11.8 Å². The Morgan fingerprint density at radius 1 is 1.00 bits per heavy atom. The maximum Gasteiger partial charge on any atom is 0.253 e. The van der Waals surface area contributed by atoms with Crippen LogP contribution < -0.4 is 16.4 Å². The molecule has 11 nitrogen and oxygen atoms in total. The summed E-state index contributed by atoms with van der Waals surface area (Å²) in [7, 11) is 0. The quantitative estimate of drug-likeness (QED) is 0.148. The fourth-order valence-electron chi connectivity index (χ4n) is 5.37. The summed E-state index contributed by atoms with van der Waals surface area (Å²) >= 11 is 1.82. The minimum Gasteiger partial charge on any atom is -0.389 e. The number of aryl methyl sites for hydroxylation is 1. The molecule has 1 aromatic rings. The molecule has 1 saturated heterocycles. The molecular formula is C32H43N5O6S. The summed E-state index contributed by atoms with van der Waals surface area (Å²) < 4.78 is 0. The summed E-state index contributed by atoms with van der Waals surface area (Å²) in [6.07, 6.45) is 6.62. The van der Waals surface area contributed by atoms with Crippen LogP contribution in [0.3, 0.4) is 0 Å². The van der Waals surface area contributed by atoms with Crippen molar-refractivity contribution in [3.8, 4) is 0 Å². The molecule has 2 fully saturated rings. The van der Waals surface area contributed by atoms with E-state index in [1.807, 2.05) is 18.7 Å². The number of nitrogens with two attached hydrogens (primary N) is 1. The van der Waals surface area contributed by atoms with Crippen molar-refractivity contribution in [2.45, 2.75) is 75.7 Å². The number of likely N-dealkylation sites (tertiary alicyclic amines) is 1. The Morgan fingerprint density at radius 3 is 2.23 bits per heavy atom. The third-order valence-electron chi connectivity index (χ3n) is 7.69. The van der Waals surface area contributed by atoms with E-state index in [-0.39, 0.29) is 55.6 Å². The molecule has 1 saturated carbocycles. The zero-order valence-corrected chi connectivity index (χ0v) is 26.1. The van der Waals surface area contributed by atoms with Crippen molar-refractivity contribution < 1.29 is 29.1 Å². The lowest BCUT2D eigenvalue weighted by molar-refractivity contribution is -0.137. The van der Waals surface area contributed by atoms with E-state index in [9.17, 15) is 29.1 Å². The van der Waals surface area contributed by atoms with Gasteiger partial charge in [-0.2, -0.15) is 11.8 Å². The molecule has 5 N–H and O–H groups in total. The monoisotopic (exact) mass is 625 g/mol. The lowest BCUT2D eigenvalue weighted by atomic mass is 10.0. The zero-order valence-electron chi connectivity index (χ0n) is 25.3. The highest BCUT2D eigenvalue weighted by Crippen LogP contribution is 2.43. The van der Waals surface area contributed by atoms with E-state index < -0.39 is 23.8 Å². The van der Waals surface area contributed by atoms with Gasteiger partial charge in [0, 0.05) is 69.3 Å². The third-order valence-corrected chi connectivity index (χ3v) is 9.01. The van der Waals surface area contributed by atoms with Crippen molar-refractivity contribution >= 4 is 41.3 Å². The number of nitrogens with zero attached hydrogens (tertiary/aromatic N) is 2. The number of nitrogens with one attached hydrogen (secondary N) is 2. The predicted octanol–water partition coefficient (Wildman–Crippen LogP) is 1.19. The largest absolute Gasteiger partial charge is 0.389 e. The van der Waals surface area contributed by atoms with Gasteiger partial charge in [-0.3, -0.25) is 28.9 Å². The second kappa shape index (κ2) is 16.0. The average molecular weight is 626 g/mol. The van der Waals surface area contributed by atoms with Crippen molar-refractivity contribution in [3.05, 3.63) is 58.8 Å². The van der Waals surface area contributed by atoms with Gasteiger partial charge in [-0.05, 0) is 61.5 Å². The summed E-state index contributed by atoms with van der Waals surface area (Å²) in [5, 5.41) is 15.5. The molecule has 12 heteroatoms. The summed E-state index contributed by atoms with van der Waals surface area (Å²) in [4.78, 5) is 63.3. The van der Waals surface area contributed by atoms with Gasteiger partial charge in [-0.1, -0.05) is 24.3 Å². The number of benzene rings is 1. The first-order valence-electron chi connectivity index (χ1n) is 15.3. The van der Waals surface area contributed by atoms with Gasteiger partial charge < -0.3 is 26.4 Å². The first-order chi connectivity index (χ1) is 21.1. The number of thioether (sulfide) groups is 1. The third kappa shape index (κ3) is 10.0. The number of amides is 5. The summed E-state index contributed by atoms with van der Waals surface area (Å²) in [5.41, 5.74) is 10.9. The van der Waals surface area contributed by atoms with Crippen LogP contribution in [-0.4, -0.2) is 93.8 Å². The fraction of sp³-hybridized carbons (Fsp3) is 0.531. The fourth-order valence-corrected chi connectivity index (χ4v) is 6.68. The second-order valence-corrected chi connectivity index (χ2v) is 12.9. The lowest BCUT2D eigenvalue weighted by Crippen LogP contribution is -2.41. The highest BCUT2D eigenvalue weighted by molar-refractivity contribution is 8.00. The number of aliphatic hydroxyl groups excluding tert-OH is 1. The van der Waals surface area contributed by atoms with Gasteiger partial charge in [0.15, 0.2) is 0 Å². The Balaban J connectivity index is 1.13. The van der Waals surface area contributed by atoms with E-state index in [0.717, 1.165) is 60.6 Å². The smallest absolute Gasteiger partial charge is 0.253 e. The molecule has 1 aromatic carbocycles. The Bertz CT molecular complexity index is 1290. The average Bonchev–Trinajstić information content (AvgIpc) is 3.70. The summed E-state index contributed by atoms with van der Waals surface area (Å²) in [5.74, 6) is -0.631. The zero-order chi connectivity index (χ0) is 31.6. The van der Waals surface area contributed by atoms with Gasteiger partial charge in [0.1, 0.15) is 0 Å². The van der Waals surface area contributed by atoms with Crippen LogP contribution in [0.2, 0.25) is 0 Å². The van der Waals surface area contributed by atoms with Gasteiger partial charge in [0.05, 0.1) is 11.4 Å². The van der Waals surface area contributed by atoms with E-state index >= 15 is 0 Å². The van der Waals surface area contributed by atoms with Crippen LogP contribution >= 0.6 is 11.8 Å². The maximum absolute atomic E-state index is 12.9. The number of hydrogen-bond acceptors (Lipinski definition) is 8. The van der Waals surface area contributed by atoms with Crippen molar-refractivity contribution in [1.82, 2.24) is 20.4 Å². The van der Waals surface area contributed by atoms with E-state index in [1.54, 1.807) is 4.90 Å². The number of rotatable bonds is 17. The van der Waals surface area contributed by atoms with Gasteiger partial charge in [-0.25, -0.2) is 0 Å². The minimum atomic E-state index is -1.01. The molecule has 4 rings (SSSR count). The SMILES string of the molecule is CC(N)Cc1cccc(CCCSC2CC(=O)N(CCC(=O)NCC(O)CNC(=O)CCN3C(=O)C=CC3=O)C2=C2CC2)c1. The number of carbonyl (C=O) groups excluding carboxylic acids is 5. The van der Waals surface area contributed by atoms with Crippen LogP contribution in [0.15, 0.2) is 47.7 Å². The predicted molar refractivity (Wildman–Crippen MR) is 168 cm³/mol. The molecule has 3 unspecified atom stereocenters.